The van der Waals surface area contributed by atoms with Crippen LogP contribution in [0, 0.1) is 6.92 Å². The smallest absolute Gasteiger partial charge is 0.244 e. The highest BCUT2D eigenvalue weighted by molar-refractivity contribution is 6.31. The molecule has 3 aromatic heterocycles. The molecule has 5 rings (SSSR count). The Kier molecular flexibility index (Phi) is 4.07. The van der Waals surface area contributed by atoms with E-state index in [4.69, 9.17) is 26.7 Å². The molecule has 0 atom stereocenters. The zero-order chi connectivity index (χ0) is 18.5. The van der Waals surface area contributed by atoms with Gasteiger partial charge in [-0.2, -0.15) is 10.1 Å². The fraction of sp³-hybridized carbons (Fsp3) is 0.579. The van der Waals surface area contributed by atoms with Crippen LogP contribution in [0.3, 0.4) is 0 Å². The molecule has 0 amide bonds. The van der Waals surface area contributed by atoms with Crippen LogP contribution in [0.5, 0.6) is 0 Å². The molecule has 1 aliphatic carbocycles. The number of halogens is 1. The third-order valence-electron chi connectivity index (χ3n) is 5.68. The van der Waals surface area contributed by atoms with Crippen molar-refractivity contribution in [3.8, 4) is 0 Å². The van der Waals surface area contributed by atoms with Gasteiger partial charge >= 0.3 is 0 Å². The highest BCUT2D eigenvalue weighted by Crippen LogP contribution is 2.43. The van der Waals surface area contributed by atoms with Crippen molar-refractivity contribution in [3.63, 3.8) is 0 Å². The van der Waals surface area contributed by atoms with E-state index >= 15 is 0 Å². The van der Waals surface area contributed by atoms with E-state index in [1.807, 2.05) is 23.2 Å². The van der Waals surface area contributed by atoms with E-state index in [1.54, 1.807) is 0 Å². The first-order valence-corrected chi connectivity index (χ1v) is 10.2. The monoisotopic (exact) mass is 385 g/mol. The van der Waals surface area contributed by atoms with Crippen LogP contribution in [-0.4, -0.2) is 42.5 Å². The third kappa shape index (κ3) is 3.08. The molecule has 1 aliphatic heterocycles. The van der Waals surface area contributed by atoms with Crippen LogP contribution in [0.1, 0.15) is 54.5 Å². The molecular formula is C19H24ClN7. The zero-order valence-corrected chi connectivity index (χ0v) is 16.6. The van der Waals surface area contributed by atoms with E-state index < -0.39 is 0 Å². The Balaban J connectivity index is 1.39. The summed E-state index contributed by atoms with van der Waals surface area (Å²) < 4.78 is 3.80. The maximum atomic E-state index is 6.42. The molecule has 1 saturated carbocycles. The summed E-state index contributed by atoms with van der Waals surface area (Å²) in [7, 11) is 1.97. The van der Waals surface area contributed by atoms with Gasteiger partial charge in [0.15, 0.2) is 11.5 Å². The number of rotatable bonds is 5. The molecule has 8 heteroatoms. The lowest BCUT2D eigenvalue weighted by molar-refractivity contribution is 0.681. The Bertz CT molecular complexity index is 995. The highest BCUT2D eigenvalue weighted by atomic mass is 35.5. The van der Waals surface area contributed by atoms with E-state index in [-0.39, 0.29) is 0 Å². The van der Waals surface area contributed by atoms with Crippen LogP contribution in [0.15, 0.2) is 6.07 Å². The average molecular weight is 386 g/mol. The van der Waals surface area contributed by atoms with Gasteiger partial charge in [-0.15, -0.1) is 5.10 Å². The molecule has 142 valence electrons. The minimum atomic E-state index is 0.587. The molecule has 7 nitrogen and oxygen atoms in total. The molecule has 1 saturated heterocycles. The highest BCUT2D eigenvalue weighted by Gasteiger charge is 2.28. The van der Waals surface area contributed by atoms with Crippen molar-refractivity contribution in [2.75, 3.05) is 18.0 Å². The number of nitrogens with zero attached hydrogens (tertiary/aromatic N) is 7. The Morgan fingerprint density at radius 2 is 1.89 bits per heavy atom. The topological polar surface area (TPSA) is 64.1 Å². The summed E-state index contributed by atoms with van der Waals surface area (Å²) >= 11 is 6.42. The first-order chi connectivity index (χ1) is 13.1. The van der Waals surface area contributed by atoms with E-state index in [0.29, 0.717) is 5.92 Å². The molecule has 0 bridgehead atoms. The number of hydrogen-bond acceptors (Lipinski definition) is 5. The summed E-state index contributed by atoms with van der Waals surface area (Å²) in [6, 6.07) is 2.08. The number of hydrogen-bond donors (Lipinski definition) is 0. The van der Waals surface area contributed by atoms with Gasteiger partial charge in [0.1, 0.15) is 5.82 Å². The second-order valence-electron chi connectivity index (χ2n) is 7.72. The normalized spacial score (nSPS) is 17.4. The lowest BCUT2D eigenvalue weighted by Crippen LogP contribution is -2.19. The first-order valence-electron chi connectivity index (χ1n) is 9.79. The molecule has 0 aromatic carbocycles. The molecule has 0 radical (unpaired) electrons. The number of aromatic nitrogens is 6. The lowest BCUT2D eigenvalue weighted by Gasteiger charge is -2.10. The van der Waals surface area contributed by atoms with Gasteiger partial charge < -0.3 is 4.90 Å². The lowest BCUT2D eigenvalue weighted by atomic mass is 10.1. The molecule has 27 heavy (non-hydrogen) atoms. The summed E-state index contributed by atoms with van der Waals surface area (Å²) in [4.78, 5) is 11.8. The molecule has 2 fully saturated rings. The maximum absolute atomic E-state index is 6.42. The summed E-state index contributed by atoms with van der Waals surface area (Å²) in [5.74, 6) is 3.26. The van der Waals surface area contributed by atoms with E-state index in [2.05, 4.69) is 16.1 Å². The molecule has 0 N–H and O–H groups in total. The second kappa shape index (κ2) is 6.48. The molecule has 4 heterocycles. The van der Waals surface area contributed by atoms with Crippen LogP contribution in [0.4, 0.5) is 5.95 Å². The number of fused-ring (bicyclic) bond motifs is 1. The Labute approximate surface area is 163 Å². The Hall–Kier alpha value is -2.15. The summed E-state index contributed by atoms with van der Waals surface area (Å²) in [5, 5.41) is 10.1. The number of anilines is 1. The van der Waals surface area contributed by atoms with Crippen molar-refractivity contribution < 1.29 is 0 Å². The maximum Gasteiger partial charge on any atom is 0.244 e. The molecule has 0 spiro atoms. The van der Waals surface area contributed by atoms with Gasteiger partial charge in [-0.3, -0.25) is 4.68 Å². The number of aryl methyl sites for hydroxylation is 4. The zero-order valence-electron chi connectivity index (χ0n) is 15.8. The molecular weight excluding hydrogens is 362 g/mol. The fourth-order valence-electron chi connectivity index (χ4n) is 3.88. The van der Waals surface area contributed by atoms with Crippen LogP contribution >= 0.6 is 11.6 Å². The summed E-state index contributed by atoms with van der Waals surface area (Å²) in [5.41, 5.74) is 3.15. The fourth-order valence-corrected chi connectivity index (χ4v) is 4.07. The van der Waals surface area contributed by atoms with Crippen LogP contribution < -0.4 is 4.90 Å². The van der Waals surface area contributed by atoms with Gasteiger partial charge in [0.05, 0.1) is 10.7 Å². The standard InChI is InChI=1S/C19H24ClN7/c1-12-15(20)11-14(13-5-6-13)18-21-16(23-27(12)18)7-8-17-22-19(24-25(17)2)26-9-3-4-10-26/h11,13H,3-10H2,1-2H3. The summed E-state index contributed by atoms with van der Waals surface area (Å²) in [6.45, 7) is 4.11. The van der Waals surface area contributed by atoms with Crippen LogP contribution in [-0.2, 0) is 19.9 Å². The molecule has 0 unspecified atom stereocenters. The van der Waals surface area contributed by atoms with Gasteiger partial charge in [-0.05, 0) is 44.6 Å². The molecule has 2 aliphatic rings. The van der Waals surface area contributed by atoms with Crippen LogP contribution in [0.25, 0.3) is 5.65 Å². The van der Waals surface area contributed by atoms with Gasteiger partial charge in [0.25, 0.3) is 0 Å². The largest absolute Gasteiger partial charge is 0.340 e. The van der Waals surface area contributed by atoms with Crippen molar-refractivity contribution in [1.82, 2.24) is 29.4 Å². The van der Waals surface area contributed by atoms with Crippen molar-refractivity contribution in [1.29, 1.82) is 0 Å². The Morgan fingerprint density at radius 3 is 2.63 bits per heavy atom. The first kappa shape index (κ1) is 17.0. The van der Waals surface area contributed by atoms with E-state index in [1.165, 1.54) is 31.2 Å². The predicted octanol–water partition coefficient (Wildman–Crippen LogP) is 3.08. The minimum Gasteiger partial charge on any atom is -0.340 e. The number of pyridine rings is 1. The quantitative estimate of drug-likeness (QED) is 0.675. The summed E-state index contributed by atoms with van der Waals surface area (Å²) in [6.07, 6.45) is 6.41. The minimum absolute atomic E-state index is 0.587. The van der Waals surface area contributed by atoms with Crippen LogP contribution in [0.2, 0.25) is 5.02 Å². The van der Waals surface area contributed by atoms with Gasteiger partial charge in [0, 0.05) is 38.5 Å². The van der Waals surface area contributed by atoms with Crippen molar-refractivity contribution in [3.05, 3.63) is 34.0 Å². The third-order valence-corrected chi connectivity index (χ3v) is 6.06. The van der Waals surface area contributed by atoms with E-state index in [9.17, 15) is 0 Å². The SMILES string of the molecule is Cc1c(Cl)cc(C2CC2)c2nc(CCc3nc(N4CCCC4)nn3C)nn12. The van der Waals surface area contributed by atoms with Crippen molar-refractivity contribution in [2.24, 2.45) is 7.05 Å². The van der Waals surface area contributed by atoms with E-state index in [0.717, 1.165) is 59.9 Å². The average Bonchev–Trinajstić information content (AvgIpc) is 3.06. The van der Waals surface area contributed by atoms with Crippen molar-refractivity contribution in [2.45, 2.75) is 51.4 Å². The van der Waals surface area contributed by atoms with Gasteiger partial charge in [-0.25, -0.2) is 9.50 Å². The van der Waals surface area contributed by atoms with Crippen molar-refractivity contribution >= 4 is 23.2 Å². The Morgan fingerprint density at radius 1 is 1.11 bits per heavy atom. The van der Waals surface area contributed by atoms with Gasteiger partial charge in [-0.1, -0.05) is 11.6 Å². The second-order valence-corrected chi connectivity index (χ2v) is 8.12. The molecule has 3 aromatic rings. The van der Waals surface area contributed by atoms with Gasteiger partial charge in [0.2, 0.25) is 5.95 Å². The predicted molar refractivity (Wildman–Crippen MR) is 105 cm³/mol.